The van der Waals surface area contributed by atoms with Crippen molar-refractivity contribution in [3.05, 3.63) is 36.9 Å². The Hall–Kier alpha value is -2.25. The van der Waals surface area contributed by atoms with E-state index in [1.807, 2.05) is 31.2 Å². The Morgan fingerprint density at radius 1 is 1.48 bits per heavy atom. The Morgan fingerprint density at radius 3 is 2.95 bits per heavy atom. The van der Waals surface area contributed by atoms with Crippen LogP contribution in [0.5, 0.6) is 0 Å². The van der Waals surface area contributed by atoms with Gasteiger partial charge in [-0.2, -0.15) is 5.10 Å². The highest BCUT2D eigenvalue weighted by molar-refractivity contribution is 5.93. The van der Waals surface area contributed by atoms with Crippen molar-refractivity contribution in [1.29, 1.82) is 0 Å². The lowest BCUT2D eigenvalue weighted by Crippen LogP contribution is -2.59. The summed E-state index contributed by atoms with van der Waals surface area (Å²) < 4.78 is 7.23. The van der Waals surface area contributed by atoms with Gasteiger partial charge in [0.25, 0.3) is 0 Å². The molecular weight excluding hydrogens is 270 g/mol. The van der Waals surface area contributed by atoms with Crippen molar-refractivity contribution >= 4 is 11.6 Å². The van der Waals surface area contributed by atoms with Gasteiger partial charge in [-0.1, -0.05) is 12.1 Å². The van der Waals surface area contributed by atoms with Gasteiger partial charge in [0.2, 0.25) is 5.91 Å². The summed E-state index contributed by atoms with van der Waals surface area (Å²) in [5.74, 6) is -0.185. The molecule has 7 heteroatoms. The topological polar surface area (TPSA) is 81.1 Å². The van der Waals surface area contributed by atoms with Crippen molar-refractivity contribution in [1.82, 2.24) is 20.1 Å². The number of rotatable bonds is 5. The summed E-state index contributed by atoms with van der Waals surface area (Å²) in [7, 11) is 0. The fourth-order valence-electron chi connectivity index (χ4n) is 2.12. The van der Waals surface area contributed by atoms with Crippen LogP contribution in [0, 0.1) is 0 Å². The van der Waals surface area contributed by atoms with Crippen LogP contribution in [0.25, 0.3) is 5.69 Å². The first-order chi connectivity index (χ1) is 10.2. The molecule has 1 fully saturated rings. The van der Waals surface area contributed by atoms with E-state index in [-0.39, 0.29) is 18.1 Å². The molecule has 0 spiro atoms. The van der Waals surface area contributed by atoms with E-state index >= 15 is 0 Å². The molecule has 1 aromatic heterocycles. The van der Waals surface area contributed by atoms with E-state index in [0.717, 1.165) is 18.8 Å². The predicted octanol–water partition coefficient (Wildman–Crippen LogP) is 0.584. The molecule has 0 unspecified atom stereocenters. The van der Waals surface area contributed by atoms with Gasteiger partial charge in [-0.05, 0) is 19.1 Å². The first-order valence-electron chi connectivity index (χ1n) is 6.75. The number of aromatic nitrogens is 3. The van der Waals surface area contributed by atoms with Gasteiger partial charge in [0.1, 0.15) is 19.3 Å². The molecule has 1 aliphatic rings. The zero-order chi connectivity index (χ0) is 14.7. The van der Waals surface area contributed by atoms with Crippen LogP contribution >= 0.6 is 0 Å². The minimum Gasteiger partial charge on any atom is -0.363 e. The largest absolute Gasteiger partial charge is 0.363 e. The number of carbonyl (C=O) groups excluding carboxylic acids is 1. The van der Waals surface area contributed by atoms with E-state index in [2.05, 4.69) is 20.7 Å². The normalized spacial score (nSPS) is 16.2. The number of nitrogens with one attached hydrogen (secondary N) is 2. The molecule has 0 radical (unpaired) electrons. The molecule has 1 saturated heterocycles. The average Bonchev–Trinajstić information content (AvgIpc) is 2.98. The van der Waals surface area contributed by atoms with Gasteiger partial charge in [-0.25, -0.2) is 9.67 Å². The molecule has 2 aromatic rings. The third-order valence-electron chi connectivity index (χ3n) is 3.39. The molecule has 110 valence electrons. The average molecular weight is 287 g/mol. The lowest BCUT2D eigenvalue weighted by atomic mass is 10.0. The van der Waals surface area contributed by atoms with E-state index in [1.54, 1.807) is 11.0 Å². The number of benzene rings is 1. The number of ether oxygens (including phenoxy) is 1. The van der Waals surface area contributed by atoms with Crippen LogP contribution < -0.4 is 10.6 Å². The van der Waals surface area contributed by atoms with Crippen molar-refractivity contribution in [2.45, 2.75) is 12.5 Å². The first kappa shape index (κ1) is 13.7. The van der Waals surface area contributed by atoms with E-state index in [1.165, 1.54) is 6.33 Å². The molecule has 0 aliphatic carbocycles. The van der Waals surface area contributed by atoms with Crippen LogP contribution in [-0.2, 0) is 9.53 Å². The molecule has 0 saturated carbocycles. The smallest absolute Gasteiger partial charge is 0.250 e. The third kappa shape index (κ3) is 3.09. The number of amides is 1. The fraction of sp³-hybridized carbons (Fsp3) is 0.357. The zero-order valence-electron chi connectivity index (χ0n) is 11.7. The molecule has 0 bridgehead atoms. The van der Waals surface area contributed by atoms with E-state index in [4.69, 9.17) is 4.74 Å². The molecule has 2 N–H and O–H groups in total. The lowest BCUT2D eigenvalue weighted by molar-refractivity contribution is -0.130. The number of anilines is 1. The SMILES string of the molecule is CC1(OCC(=O)Nc2ccccc2-n2cncn2)CNC1. The Morgan fingerprint density at radius 2 is 2.29 bits per heavy atom. The second kappa shape index (κ2) is 5.63. The van der Waals surface area contributed by atoms with Crippen LogP contribution in [-0.4, -0.2) is 46.0 Å². The maximum Gasteiger partial charge on any atom is 0.250 e. The van der Waals surface area contributed by atoms with Crippen molar-refractivity contribution < 1.29 is 9.53 Å². The monoisotopic (exact) mass is 287 g/mol. The second-order valence-corrected chi connectivity index (χ2v) is 5.25. The second-order valence-electron chi connectivity index (χ2n) is 5.25. The van der Waals surface area contributed by atoms with Crippen LogP contribution in [0.2, 0.25) is 0 Å². The Labute approximate surface area is 122 Å². The Kier molecular flexibility index (Phi) is 3.68. The van der Waals surface area contributed by atoms with Gasteiger partial charge in [0.15, 0.2) is 0 Å². The summed E-state index contributed by atoms with van der Waals surface area (Å²) in [5.41, 5.74) is 1.20. The Bertz CT molecular complexity index is 622. The standard InChI is InChI=1S/C14H17N5O2/c1-14(7-15-8-14)21-6-13(20)18-11-4-2-3-5-12(11)19-10-16-9-17-19/h2-5,9-10,15H,6-8H2,1H3,(H,18,20). The molecule has 3 rings (SSSR count). The van der Waals surface area contributed by atoms with Crippen LogP contribution in [0.1, 0.15) is 6.92 Å². The molecule has 7 nitrogen and oxygen atoms in total. The summed E-state index contributed by atoms with van der Waals surface area (Å²) in [6.45, 7) is 3.57. The first-order valence-corrected chi connectivity index (χ1v) is 6.75. The van der Waals surface area contributed by atoms with Crippen molar-refractivity contribution in [3.63, 3.8) is 0 Å². The van der Waals surface area contributed by atoms with Gasteiger partial charge < -0.3 is 15.4 Å². The number of carbonyl (C=O) groups is 1. The van der Waals surface area contributed by atoms with Crippen LogP contribution in [0.4, 0.5) is 5.69 Å². The number of hydrogen-bond donors (Lipinski definition) is 2. The number of nitrogens with zero attached hydrogens (tertiary/aromatic N) is 3. The quantitative estimate of drug-likeness (QED) is 0.841. The van der Waals surface area contributed by atoms with Gasteiger partial charge >= 0.3 is 0 Å². The zero-order valence-corrected chi connectivity index (χ0v) is 11.7. The van der Waals surface area contributed by atoms with Crippen LogP contribution in [0.15, 0.2) is 36.9 Å². The summed E-state index contributed by atoms with van der Waals surface area (Å²) >= 11 is 0. The maximum absolute atomic E-state index is 12.0. The summed E-state index contributed by atoms with van der Waals surface area (Å²) in [4.78, 5) is 15.9. The van der Waals surface area contributed by atoms with Gasteiger partial charge in [-0.15, -0.1) is 0 Å². The van der Waals surface area contributed by atoms with Crippen molar-refractivity contribution in [3.8, 4) is 5.69 Å². The maximum atomic E-state index is 12.0. The molecule has 1 aliphatic heterocycles. The number of hydrogen-bond acceptors (Lipinski definition) is 5. The fourth-order valence-corrected chi connectivity index (χ4v) is 2.12. The minimum atomic E-state index is -0.233. The summed E-state index contributed by atoms with van der Waals surface area (Å²) in [5, 5.41) is 10.1. The molecule has 21 heavy (non-hydrogen) atoms. The molecule has 2 heterocycles. The third-order valence-corrected chi connectivity index (χ3v) is 3.39. The van der Waals surface area contributed by atoms with Crippen LogP contribution in [0.3, 0.4) is 0 Å². The molecule has 1 amide bonds. The lowest BCUT2D eigenvalue weighted by Gasteiger charge is -2.38. The molecule has 1 aromatic carbocycles. The highest BCUT2D eigenvalue weighted by Gasteiger charge is 2.33. The molecular formula is C14H17N5O2. The van der Waals surface area contributed by atoms with E-state index < -0.39 is 0 Å². The Balaban J connectivity index is 1.66. The van der Waals surface area contributed by atoms with Gasteiger partial charge in [0.05, 0.1) is 17.0 Å². The predicted molar refractivity (Wildman–Crippen MR) is 77.2 cm³/mol. The minimum absolute atomic E-state index is 0.0316. The van der Waals surface area contributed by atoms with Crippen molar-refractivity contribution in [2.75, 3.05) is 25.0 Å². The van der Waals surface area contributed by atoms with E-state index in [9.17, 15) is 4.79 Å². The number of para-hydroxylation sites is 2. The summed E-state index contributed by atoms with van der Waals surface area (Å²) in [6, 6.07) is 7.42. The van der Waals surface area contributed by atoms with E-state index in [0.29, 0.717) is 5.69 Å². The highest BCUT2D eigenvalue weighted by Crippen LogP contribution is 2.19. The highest BCUT2D eigenvalue weighted by atomic mass is 16.5. The van der Waals surface area contributed by atoms with Gasteiger partial charge in [-0.3, -0.25) is 4.79 Å². The summed E-state index contributed by atoms with van der Waals surface area (Å²) in [6.07, 6.45) is 3.04. The van der Waals surface area contributed by atoms with Gasteiger partial charge in [0, 0.05) is 13.1 Å². The molecule has 0 atom stereocenters. The van der Waals surface area contributed by atoms with Crippen molar-refractivity contribution in [2.24, 2.45) is 0 Å².